The fraction of sp³-hybridized carbons (Fsp3) is 0.652. The van der Waals surface area contributed by atoms with Crippen molar-refractivity contribution < 1.29 is 4.79 Å². The number of fused-ring (bicyclic) bond motifs is 1. The molecule has 3 rings (SSSR count). The predicted octanol–water partition coefficient (Wildman–Crippen LogP) is 4.90. The second-order valence-corrected chi connectivity index (χ2v) is 9.20. The number of hydrogen-bond donors (Lipinski definition) is 0. The van der Waals surface area contributed by atoms with Gasteiger partial charge in [-0.3, -0.25) is 9.69 Å². The number of carbonyl (C=O) groups excluding carboxylic acids is 1. The summed E-state index contributed by atoms with van der Waals surface area (Å²) < 4.78 is 0. The second kappa shape index (κ2) is 8.54. The Kier molecular flexibility index (Phi) is 6.51. The number of halogens is 1. The van der Waals surface area contributed by atoms with E-state index >= 15 is 0 Å². The number of benzene rings is 1. The molecule has 5 heteroatoms. The summed E-state index contributed by atoms with van der Waals surface area (Å²) in [4.78, 5) is 23.0. The minimum Gasteiger partial charge on any atom is -0.356 e. The Morgan fingerprint density at radius 1 is 1.21 bits per heavy atom. The van der Waals surface area contributed by atoms with Gasteiger partial charge in [0.1, 0.15) is 5.84 Å². The fourth-order valence-corrected chi connectivity index (χ4v) is 5.53. The largest absolute Gasteiger partial charge is 0.356 e. The van der Waals surface area contributed by atoms with Crippen LogP contribution in [0.1, 0.15) is 65.9 Å². The number of amides is 1. The molecule has 2 aliphatic heterocycles. The van der Waals surface area contributed by atoms with Crippen molar-refractivity contribution in [3.63, 3.8) is 0 Å². The molecule has 0 aliphatic carbocycles. The van der Waals surface area contributed by atoms with Crippen molar-refractivity contribution >= 4 is 23.3 Å². The Labute approximate surface area is 175 Å². The van der Waals surface area contributed by atoms with Crippen LogP contribution in [-0.4, -0.2) is 52.8 Å². The molecule has 1 fully saturated rings. The van der Waals surface area contributed by atoms with Crippen LogP contribution in [-0.2, 0) is 10.2 Å². The molecule has 1 amide bonds. The van der Waals surface area contributed by atoms with Gasteiger partial charge in [0.2, 0.25) is 0 Å². The summed E-state index contributed by atoms with van der Waals surface area (Å²) >= 11 is 6.69. The molecule has 0 aromatic heterocycles. The molecule has 0 spiro atoms. The van der Waals surface area contributed by atoms with Crippen LogP contribution in [0.2, 0.25) is 5.02 Å². The number of aliphatic imine (C=N–C) groups is 1. The predicted molar refractivity (Wildman–Crippen MR) is 117 cm³/mol. The Morgan fingerprint density at radius 3 is 2.54 bits per heavy atom. The number of carbonyl (C=O) groups is 1. The number of hydrogen-bond acceptors (Lipinski definition) is 3. The van der Waals surface area contributed by atoms with Crippen LogP contribution >= 0.6 is 11.6 Å². The molecule has 2 atom stereocenters. The van der Waals surface area contributed by atoms with Crippen LogP contribution in [0.5, 0.6) is 0 Å². The third-order valence-corrected chi connectivity index (χ3v) is 6.91. The Hall–Kier alpha value is -1.39. The van der Waals surface area contributed by atoms with Crippen molar-refractivity contribution in [3.05, 3.63) is 34.9 Å². The minimum absolute atomic E-state index is 0.0197. The van der Waals surface area contributed by atoms with E-state index in [-0.39, 0.29) is 11.9 Å². The van der Waals surface area contributed by atoms with E-state index in [9.17, 15) is 4.79 Å². The number of nitrogens with zero attached hydrogens (tertiary/aromatic N) is 3. The van der Waals surface area contributed by atoms with Gasteiger partial charge in [-0.25, -0.2) is 0 Å². The summed E-state index contributed by atoms with van der Waals surface area (Å²) in [5.41, 5.74) is 0.266. The van der Waals surface area contributed by atoms with Gasteiger partial charge in [0.05, 0.1) is 5.41 Å². The maximum absolute atomic E-state index is 13.6. The normalized spacial score (nSPS) is 25.5. The van der Waals surface area contributed by atoms with E-state index in [1.165, 1.54) is 0 Å². The summed E-state index contributed by atoms with van der Waals surface area (Å²) in [5.74, 6) is 0.843. The average Bonchev–Trinajstić information content (AvgIpc) is 2.65. The van der Waals surface area contributed by atoms with E-state index in [1.54, 1.807) is 0 Å². The average molecular weight is 404 g/mol. The van der Waals surface area contributed by atoms with Crippen LogP contribution in [0.25, 0.3) is 0 Å². The molecule has 0 radical (unpaired) electrons. The van der Waals surface area contributed by atoms with Gasteiger partial charge in [-0.15, -0.1) is 0 Å². The molecule has 2 aliphatic rings. The SMILES string of the molecule is CC1=NC(=O)C(CCN(C(C)C)C(C)C)(c2ccccc2Cl)C2CCCCN12. The van der Waals surface area contributed by atoms with E-state index in [1.807, 2.05) is 31.2 Å². The Bertz CT molecular complexity index is 737. The van der Waals surface area contributed by atoms with E-state index in [4.69, 9.17) is 11.6 Å². The first-order valence-electron chi connectivity index (χ1n) is 10.7. The van der Waals surface area contributed by atoms with Crippen molar-refractivity contribution in [2.24, 2.45) is 4.99 Å². The van der Waals surface area contributed by atoms with E-state index in [2.05, 4.69) is 42.5 Å². The molecular formula is C23H34ClN3O. The zero-order valence-corrected chi connectivity index (χ0v) is 18.7. The quantitative estimate of drug-likeness (QED) is 0.677. The molecule has 28 heavy (non-hydrogen) atoms. The van der Waals surface area contributed by atoms with Gasteiger partial charge in [-0.2, -0.15) is 4.99 Å². The maximum Gasteiger partial charge on any atom is 0.260 e. The van der Waals surface area contributed by atoms with Crippen LogP contribution in [0.3, 0.4) is 0 Å². The Balaban J connectivity index is 2.10. The summed E-state index contributed by atoms with van der Waals surface area (Å²) in [6.45, 7) is 12.7. The molecule has 154 valence electrons. The van der Waals surface area contributed by atoms with Crippen molar-refractivity contribution in [1.29, 1.82) is 0 Å². The minimum atomic E-state index is -0.680. The zero-order valence-electron chi connectivity index (χ0n) is 17.9. The lowest BCUT2D eigenvalue weighted by atomic mass is 9.66. The highest BCUT2D eigenvalue weighted by atomic mass is 35.5. The van der Waals surface area contributed by atoms with Gasteiger partial charge >= 0.3 is 0 Å². The molecule has 4 nitrogen and oxygen atoms in total. The third kappa shape index (κ3) is 3.73. The van der Waals surface area contributed by atoms with Crippen LogP contribution in [0.4, 0.5) is 0 Å². The van der Waals surface area contributed by atoms with Crippen molar-refractivity contribution in [2.75, 3.05) is 13.1 Å². The van der Waals surface area contributed by atoms with Gasteiger partial charge in [0, 0.05) is 36.2 Å². The van der Waals surface area contributed by atoms with Crippen molar-refractivity contribution in [2.45, 2.75) is 83.8 Å². The highest BCUT2D eigenvalue weighted by Gasteiger charge is 2.53. The number of rotatable bonds is 6. The van der Waals surface area contributed by atoms with Crippen LogP contribution < -0.4 is 0 Å². The van der Waals surface area contributed by atoms with Crippen LogP contribution in [0.15, 0.2) is 29.3 Å². The van der Waals surface area contributed by atoms with Gasteiger partial charge in [-0.1, -0.05) is 29.8 Å². The first-order chi connectivity index (χ1) is 13.3. The molecule has 1 aromatic rings. The first kappa shape index (κ1) is 21.3. The lowest BCUT2D eigenvalue weighted by Gasteiger charge is -2.51. The third-order valence-electron chi connectivity index (χ3n) is 6.58. The molecule has 0 bridgehead atoms. The number of piperidine rings is 1. The lowest BCUT2D eigenvalue weighted by Crippen LogP contribution is -2.62. The second-order valence-electron chi connectivity index (χ2n) is 8.80. The summed E-state index contributed by atoms with van der Waals surface area (Å²) in [7, 11) is 0. The fourth-order valence-electron chi connectivity index (χ4n) is 5.23. The van der Waals surface area contributed by atoms with Gasteiger partial charge in [0.15, 0.2) is 0 Å². The summed E-state index contributed by atoms with van der Waals surface area (Å²) in [6.07, 6.45) is 4.04. The summed E-state index contributed by atoms with van der Waals surface area (Å²) in [5, 5.41) is 0.678. The maximum atomic E-state index is 13.6. The molecular weight excluding hydrogens is 370 g/mol. The summed E-state index contributed by atoms with van der Waals surface area (Å²) in [6, 6.07) is 8.87. The Morgan fingerprint density at radius 2 is 1.89 bits per heavy atom. The topological polar surface area (TPSA) is 35.9 Å². The van der Waals surface area contributed by atoms with E-state index < -0.39 is 5.41 Å². The van der Waals surface area contributed by atoms with Crippen molar-refractivity contribution in [1.82, 2.24) is 9.80 Å². The lowest BCUT2D eigenvalue weighted by molar-refractivity contribution is -0.128. The molecule has 2 heterocycles. The zero-order chi connectivity index (χ0) is 20.5. The smallest absolute Gasteiger partial charge is 0.260 e. The van der Waals surface area contributed by atoms with E-state index in [0.717, 1.165) is 50.2 Å². The standard InChI is InChI=1S/C23H34ClN3O/c1-16(2)26(17(3)4)15-13-23(19-10-6-7-11-20(19)24)21-12-8-9-14-27(21)18(5)25-22(23)28/h6-7,10-11,16-17,21H,8-9,12-15H2,1-5H3. The van der Waals surface area contributed by atoms with E-state index in [0.29, 0.717) is 17.1 Å². The highest BCUT2D eigenvalue weighted by molar-refractivity contribution is 6.32. The van der Waals surface area contributed by atoms with Gasteiger partial charge < -0.3 is 4.90 Å². The highest BCUT2D eigenvalue weighted by Crippen LogP contribution is 2.45. The van der Waals surface area contributed by atoms with Crippen LogP contribution in [0, 0.1) is 0 Å². The molecule has 1 aromatic carbocycles. The number of amidine groups is 1. The molecule has 1 saturated heterocycles. The first-order valence-corrected chi connectivity index (χ1v) is 11.0. The molecule has 2 unspecified atom stereocenters. The van der Waals surface area contributed by atoms with Gasteiger partial charge in [-0.05, 0) is 71.9 Å². The van der Waals surface area contributed by atoms with Crippen molar-refractivity contribution in [3.8, 4) is 0 Å². The molecule has 0 N–H and O–H groups in total. The monoisotopic (exact) mass is 403 g/mol. The molecule has 0 saturated carbocycles. The van der Waals surface area contributed by atoms with Gasteiger partial charge in [0.25, 0.3) is 5.91 Å².